The number of aromatic nitrogens is 2. The number of carbonyl (C=O) groups excluding carboxylic acids is 2. The van der Waals surface area contributed by atoms with Crippen LogP contribution in [0.15, 0.2) is 24.5 Å². The van der Waals surface area contributed by atoms with Crippen molar-refractivity contribution in [3.8, 4) is 0 Å². The van der Waals surface area contributed by atoms with Crippen LogP contribution in [0.25, 0.3) is 11.0 Å². The topological polar surface area (TPSA) is 93.3 Å². The number of fused-ring (bicyclic) bond motifs is 1. The van der Waals surface area contributed by atoms with E-state index in [1.165, 1.54) is 7.11 Å². The molecule has 23 heavy (non-hydrogen) atoms. The van der Waals surface area contributed by atoms with Gasteiger partial charge < -0.3 is 19.8 Å². The van der Waals surface area contributed by atoms with Crippen LogP contribution in [0.2, 0.25) is 0 Å². The predicted octanol–water partition coefficient (Wildman–Crippen LogP) is 2.17. The summed E-state index contributed by atoms with van der Waals surface area (Å²) in [6.07, 6.45) is 3.05. The van der Waals surface area contributed by atoms with Crippen LogP contribution in [0.5, 0.6) is 0 Å². The highest BCUT2D eigenvalue weighted by Crippen LogP contribution is 2.14. The first-order valence-corrected chi connectivity index (χ1v) is 7.28. The standard InChI is InChI=1S/C16H21N3O4/c1-16(2,3)23-15(21)19-12(14(20)22-4)8-10-7-11-5-6-17-13(11)18-9-10/h5-7,9,12H,8H2,1-4H3,(H,17,18)(H,19,21)/t12-/m1/s1. The molecule has 2 N–H and O–H groups in total. The maximum atomic E-state index is 11.9. The Morgan fingerprint density at radius 1 is 1.39 bits per heavy atom. The molecule has 0 bridgehead atoms. The summed E-state index contributed by atoms with van der Waals surface area (Å²) in [5.41, 5.74) is 0.933. The molecule has 7 heteroatoms. The van der Waals surface area contributed by atoms with Crippen molar-refractivity contribution in [3.63, 3.8) is 0 Å². The minimum Gasteiger partial charge on any atom is -0.467 e. The summed E-state index contributed by atoms with van der Waals surface area (Å²) in [4.78, 5) is 31.1. The number of nitrogens with zero attached hydrogens (tertiary/aromatic N) is 1. The van der Waals surface area contributed by atoms with Gasteiger partial charge in [0.25, 0.3) is 0 Å². The molecule has 124 valence electrons. The van der Waals surface area contributed by atoms with Crippen LogP contribution in [0.1, 0.15) is 26.3 Å². The van der Waals surface area contributed by atoms with E-state index < -0.39 is 23.7 Å². The van der Waals surface area contributed by atoms with E-state index in [-0.39, 0.29) is 6.42 Å². The first-order chi connectivity index (χ1) is 10.8. The summed E-state index contributed by atoms with van der Waals surface area (Å²) in [7, 11) is 1.28. The average Bonchev–Trinajstić information content (AvgIpc) is 2.91. The van der Waals surface area contributed by atoms with Gasteiger partial charge in [0.1, 0.15) is 17.3 Å². The normalized spacial score (nSPS) is 12.7. The number of carbonyl (C=O) groups is 2. The number of alkyl carbamates (subject to hydrolysis) is 1. The summed E-state index contributed by atoms with van der Waals surface area (Å²) >= 11 is 0. The summed E-state index contributed by atoms with van der Waals surface area (Å²) in [6.45, 7) is 5.26. The quantitative estimate of drug-likeness (QED) is 0.842. The molecule has 0 fully saturated rings. The van der Waals surface area contributed by atoms with E-state index in [4.69, 9.17) is 9.47 Å². The van der Waals surface area contributed by atoms with E-state index in [0.717, 1.165) is 16.6 Å². The summed E-state index contributed by atoms with van der Waals surface area (Å²) < 4.78 is 9.93. The Kier molecular flexibility index (Phi) is 4.88. The van der Waals surface area contributed by atoms with Gasteiger partial charge in [0, 0.05) is 24.2 Å². The van der Waals surface area contributed by atoms with Crippen LogP contribution in [-0.2, 0) is 20.7 Å². The largest absolute Gasteiger partial charge is 0.467 e. The Morgan fingerprint density at radius 2 is 2.13 bits per heavy atom. The number of hydrogen-bond donors (Lipinski definition) is 2. The number of H-pyrrole nitrogens is 1. The van der Waals surface area contributed by atoms with Crippen LogP contribution in [0, 0.1) is 0 Å². The van der Waals surface area contributed by atoms with Crippen molar-refractivity contribution in [3.05, 3.63) is 30.1 Å². The highest BCUT2D eigenvalue weighted by atomic mass is 16.6. The minimum atomic E-state index is -0.840. The molecule has 7 nitrogen and oxygen atoms in total. The molecule has 1 amide bonds. The van der Waals surface area contributed by atoms with Gasteiger partial charge in [0.2, 0.25) is 0 Å². The van der Waals surface area contributed by atoms with Gasteiger partial charge in [0.05, 0.1) is 7.11 Å². The second-order valence-corrected chi connectivity index (χ2v) is 6.19. The van der Waals surface area contributed by atoms with Crippen molar-refractivity contribution < 1.29 is 19.1 Å². The van der Waals surface area contributed by atoms with Crippen LogP contribution in [0.3, 0.4) is 0 Å². The van der Waals surface area contributed by atoms with E-state index in [0.29, 0.717) is 0 Å². The second kappa shape index (κ2) is 6.68. The van der Waals surface area contributed by atoms with Crippen molar-refractivity contribution in [1.82, 2.24) is 15.3 Å². The lowest BCUT2D eigenvalue weighted by atomic mass is 10.1. The third kappa shape index (κ3) is 4.70. The van der Waals surface area contributed by atoms with E-state index in [2.05, 4.69) is 15.3 Å². The zero-order valence-electron chi connectivity index (χ0n) is 13.7. The molecule has 0 spiro atoms. The number of hydrogen-bond acceptors (Lipinski definition) is 5. The van der Waals surface area contributed by atoms with Crippen molar-refractivity contribution in [2.45, 2.75) is 38.8 Å². The van der Waals surface area contributed by atoms with Crippen molar-refractivity contribution >= 4 is 23.1 Å². The fraction of sp³-hybridized carbons (Fsp3) is 0.438. The minimum absolute atomic E-state index is 0.264. The number of pyridine rings is 1. The molecule has 1 atom stereocenters. The lowest BCUT2D eigenvalue weighted by Crippen LogP contribution is -2.45. The van der Waals surface area contributed by atoms with Crippen LogP contribution in [-0.4, -0.2) is 40.8 Å². The number of methoxy groups -OCH3 is 1. The maximum absolute atomic E-state index is 11.9. The molecule has 2 heterocycles. The molecule has 0 saturated heterocycles. The molecule has 2 rings (SSSR count). The van der Waals surface area contributed by atoms with Gasteiger partial charge >= 0.3 is 12.1 Å². The highest BCUT2D eigenvalue weighted by Gasteiger charge is 2.25. The van der Waals surface area contributed by atoms with Gasteiger partial charge in [0.15, 0.2) is 0 Å². The summed E-state index contributed by atoms with van der Waals surface area (Å²) in [5, 5.41) is 3.48. The zero-order chi connectivity index (χ0) is 17.0. The molecule has 0 aliphatic carbocycles. The summed E-state index contributed by atoms with van der Waals surface area (Å²) in [6, 6.07) is 2.96. The fourth-order valence-electron chi connectivity index (χ4n) is 2.12. The monoisotopic (exact) mass is 319 g/mol. The lowest BCUT2D eigenvalue weighted by Gasteiger charge is -2.22. The van der Waals surface area contributed by atoms with Gasteiger partial charge in [-0.2, -0.15) is 0 Å². The second-order valence-electron chi connectivity index (χ2n) is 6.19. The zero-order valence-corrected chi connectivity index (χ0v) is 13.7. The number of ether oxygens (including phenoxy) is 2. The van der Waals surface area contributed by atoms with Gasteiger partial charge in [-0.15, -0.1) is 0 Å². The van der Waals surface area contributed by atoms with Crippen LogP contribution in [0.4, 0.5) is 4.79 Å². The van der Waals surface area contributed by atoms with Crippen molar-refractivity contribution in [2.24, 2.45) is 0 Å². The Labute approximate surface area is 134 Å². The molecule has 2 aromatic heterocycles. The maximum Gasteiger partial charge on any atom is 0.408 e. The Morgan fingerprint density at radius 3 is 2.78 bits per heavy atom. The number of nitrogens with one attached hydrogen (secondary N) is 2. The number of amides is 1. The number of esters is 1. The molecular weight excluding hydrogens is 298 g/mol. The predicted molar refractivity (Wildman–Crippen MR) is 85.0 cm³/mol. The van der Waals surface area contributed by atoms with Gasteiger partial charge in [-0.05, 0) is 38.5 Å². The highest BCUT2D eigenvalue weighted by molar-refractivity contribution is 5.82. The van der Waals surface area contributed by atoms with Gasteiger partial charge in [-0.1, -0.05) is 0 Å². The molecule has 0 aliphatic heterocycles. The van der Waals surface area contributed by atoms with Gasteiger partial charge in [-0.3, -0.25) is 0 Å². The Balaban J connectivity index is 2.11. The Bertz CT molecular complexity index is 703. The smallest absolute Gasteiger partial charge is 0.408 e. The molecule has 0 radical (unpaired) electrons. The Hall–Kier alpha value is -2.57. The first kappa shape index (κ1) is 16.8. The van der Waals surface area contributed by atoms with Crippen molar-refractivity contribution in [2.75, 3.05) is 7.11 Å². The fourth-order valence-corrected chi connectivity index (χ4v) is 2.12. The van der Waals surface area contributed by atoms with E-state index in [9.17, 15) is 9.59 Å². The SMILES string of the molecule is COC(=O)[C@@H](Cc1cnc2[nH]ccc2c1)NC(=O)OC(C)(C)C. The third-order valence-electron chi connectivity index (χ3n) is 3.07. The van der Waals surface area contributed by atoms with E-state index in [1.807, 2.05) is 12.1 Å². The third-order valence-corrected chi connectivity index (χ3v) is 3.07. The number of rotatable bonds is 4. The molecule has 0 unspecified atom stereocenters. The molecule has 2 aromatic rings. The number of aromatic amines is 1. The average molecular weight is 319 g/mol. The summed E-state index contributed by atoms with van der Waals surface area (Å²) in [5.74, 6) is -0.537. The van der Waals surface area contributed by atoms with Crippen LogP contribution < -0.4 is 5.32 Å². The van der Waals surface area contributed by atoms with Crippen LogP contribution >= 0.6 is 0 Å². The van der Waals surface area contributed by atoms with E-state index in [1.54, 1.807) is 33.2 Å². The lowest BCUT2D eigenvalue weighted by molar-refractivity contribution is -0.143. The van der Waals surface area contributed by atoms with Gasteiger partial charge in [-0.25, -0.2) is 14.6 Å². The molecule has 0 aromatic carbocycles. The molecule has 0 aliphatic rings. The van der Waals surface area contributed by atoms with E-state index >= 15 is 0 Å². The molecule has 0 saturated carbocycles. The molecular formula is C16H21N3O4. The van der Waals surface area contributed by atoms with Crippen molar-refractivity contribution in [1.29, 1.82) is 0 Å². The first-order valence-electron chi connectivity index (χ1n) is 7.28.